The largest absolute Gasteiger partial charge is 0.356 e. The van der Waals surface area contributed by atoms with Crippen LogP contribution in [0.15, 0.2) is 0 Å². The van der Waals surface area contributed by atoms with Crippen LogP contribution in [0.2, 0.25) is 0 Å². The Labute approximate surface area is 119 Å². The predicted octanol–water partition coefficient (Wildman–Crippen LogP) is 3.62. The van der Waals surface area contributed by atoms with Crippen molar-refractivity contribution < 1.29 is 4.79 Å². The van der Waals surface area contributed by atoms with Crippen molar-refractivity contribution in [3.8, 4) is 0 Å². The van der Waals surface area contributed by atoms with Crippen molar-refractivity contribution in [1.29, 1.82) is 0 Å². The molecular weight excluding hydrogens is 236 g/mol. The van der Waals surface area contributed by atoms with Gasteiger partial charge in [0.2, 0.25) is 5.91 Å². The minimum Gasteiger partial charge on any atom is -0.356 e. The van der Waals surface area contributed by atoms with Crippen molar-refractivity contribution >= 4 is 5.91 Å². The Morgan fingerprint density at radius 2 is 1.53 bits per heavy atom. The molecule has 0 aromatic carbocycles. The first kappa shape index (κ1) is 18.4. The summed E-state index contributed by atoms with van der Waals surface area (Å²) in [7, 11) is 0. The molecule has 114 valence electrons. The van der Waals surface area contributed by atoms with Gasteiger partial charge in [0.1, 0.15) is 0 Å². The van der Waals surface area contributed by atoms with E-state index in [0.29, 0.717) is 6.54 Å². The molecule has 0 bridgehead atoms. The first-order valence-electron chi connectivity index (χ1n) is 8.09. The fraction of sp³-hybridized carbons (Fsp3) is 0.938. The van der Waals surface area contributed by atoms with E-state index in [0.717, 1.165) is 19.4 Å². The van der Waals surface area contributed by atoms with E-state index in [2.05, 4.69) is 12.2 Å². The van der Waals surface area contributed by atoms with Gasteiger partial charge < -0.3 is 11.1 Å². The van der Waals surface area contributed by atoms with E-state index in [-0.39, 0.29) is 11.3 Å². The zero-order chi connectivity index (χ0) is 14.6. The van der Waals surface area contributed by atoms with Crippen LogP contribution in [-0.2, 0) is 4.79 Å². The van der Waals surface area contributed by atoms with E-state index in [1.54, 1.807) is 0 Å². The van der Waals surface area contributed by atoms with Gasteiger partial charge >= 0.3 is 0 Å². The lowest BCUT2D eigenvalue weighted by Crippen LogP contribution is -2.43. The number of hydrogen-bond acceptors (Lipinski definition) is 2. The molecule has 3 heteroatoms. The summed E-state index contributed by atoms with van der Waals surface area (Å²) in [5.41, 5.74) is 5.28. The Hall–Kier alpha value is -0.570. The van der Waals surface area contributed by atoms with E-state index >= 15 is 0 Å². The number of carbonyl (C=O) groups is 1. The highest BCUT2D eigenvalue weighted by atomic mass is 16.2. The van der Waals surface area contributed by atoms with E-state index in [1.807, 2.05) is 13.8 Å². The highest BCUT2D eigenvalue weighted by molar-refractivity contribution is 5.82. The standard InChI is InChI=1S/C16H34N2O/c1-4-6-7-8-9-10-11-12-13-18-15(19)16(3,5-2)14-17/h4-14,17H2,1-3H3,(H,18,19). The average Bonchev–Trinajstić information content (AvgIpc) is 2.44. The fourth-order valence-corrected chi connectivity index (χ4v) is 2.07. The van der Waals surface area contributed by atoms with Crippen molar-refractivity contribution in [1.82, 2.24) is 5.32 Å². The minimum absolute atomic E-state index is 0.112. The zero-order valence-corrected chi connectivity index (χ0v) is 13.3. The highest BCUT2D eigenvalue weighted by Gasteiger charge is 2.28. The van der Waals surface area contributed by atoms with E-state index < -0.39 is 0 Å². The smallest absolute Gasteiger partial charge is 0.227 e. The van der Waals surface area contributed by atoms with Crippen LogP contribution in [0.5, 0.6) is 0 Å². The third-order valence-electron chi connectivity index (χ3n) is 4.09. The summed E-state index contributed by atoms with van der Waals surface area (Å²) in [5.74, 6) is 0.112. The van der Waals surface area contributed by atoms with Crippen molar-refractivity contribution in [2.75, 3.05) is 13.1 Å². The summed E-state index contributed by atoms with van der Waals surface area (Å²) < 4.78 is 0. The van der Waals surface area contributed by atoms with Crippen LogP contribution >= 0.6 is 0 Å². The van der Waals surface area contributed by atoms with Gasteiger partial charge in [-0.25, -0.2) is 0 Å². The molecule has 0 fully saturated rings. The molecule has 0 aliphatic heterocycles. The first-order chi connectivity index (χ1) is 9.10. The first-order valence-corrected chi connectivity index (χ1v) is 8.09. The maximum atomic E-state index is 11.9. The molecule has 19 heavy (non-hydrogen) atoms. The molecule has 0 aliphatic carbocycles. The number of carbonyl (C=O) groups excluding carboxylic acids is 1. The Balaban J connectivity index is 3.46. The summed E-state index contributed by atoms with van der Waals surface area (Å²) in [4.78, 5) is 11.9. The number of unbranched alkanes of at least 4 members (excludes halogenated alkanes) is 7. The monoisotopic (exact) mass is 270 g/mol. The quantitative estimate of drug-likeness (QED) is 0.532. The molecule has 0 radical (unpaired) electrons. The second kappa shape index (κ2) is 11.3. The summed E-state index contributed by atoms with van der Waals surface area (Å²) in [6.45, 7) is 7.42. The Morgan fingerprint density at radius 1 is 1.00 bits per heavy atom. The van der Waals surface area contributed by atoms with E-state index in [9.17, 15) is 4.79 Å². The predicted molar refractivity (Wildman–Crippen MR) is 83.1 cm³/mol. The molecule has 1 atom stereocenters. The maximum absolute atomic E-state index is 11.9. The number of hydrogen-bond donors (Lipinski definition) is 2. The van der Waals surface area contributed by atoms with E-state index in [1.165, 1.54) is 44.9 Å². The maximum Gasteiger partial charge on any atom is 0.227 e. The molecule has 0 spiro atoms. The van der Waals surface area contributed by atoms with Gasteiger partial charge in [-0.2, -0.15) is 0 Å². The summed E-state index contributed by atoms with van der Waals surface area (Å²) in [6.07, 6.45) is 11.1. The van der Waals surface area contributed by atoms with Crippen molar-refractivity contribution in [2.24, 2.45) is 11.1 Å². The van der Waals surface area contributed by atoms with Crippen molar-refractivity contribution in [2.45, 2.75) is 78.6 Å². The lowest BCUT2D eigenvalue weighted by atomic mass is 9.86. The second-order valence-electron chi connectivity index (χ2n) is 5.85. The third-order valence-corrected chi connectivity index (χ3v) is 4.09. The Morgan fingerprint density at radius 3 is 2.00 bits per heavy atom. The van der Waals surface area contributed by atoms with Crippen molar-refractivity contribution in [3.63, 3.8) is 0 Å². The average molecular weight is 270 g/mol. The zero-order valence-electron chi connectivity index (χ0n) is 13.3. The van der Waals surface area contributed by atoms with Gasteiger partial charge in [-0.1, -0.05) is 58.8 Å². The van der Waals surface area contributed by atoms with Gasteiger partial charge in [0.25, 0.3) is 0 Å². The van der Waals surface area contributed by atoms with Crippen LogP contribution in [0.1, 0.15) is 78.6 Å². The minimum atomic E-state index is -0.389. The van der Waals surface area contributed by atoms with Gasteiger partial charge in [-0.05, 0) is 19.8 Å². The van der Waals surface area contributed by atoms with Gasteiger partial charge in [-0.15, -0.1) is 0 Å². The van der Waals surface area contributed by atoms with Crippen LogP contribution < -0.4 is 11.1 Å². The molecule has 3 N–H and O–H groups in total. The molecule has 1 amide bonds. The van der Waals surface area contributed by atoms with Gasteiger partial charge in [0.15, 0.2) is 0 Å². The SMILES string of the molecule is CCCCCCCCCCNC(=O)C(C)(CC)CN. The number of amides is 1. The highest BCUT2D eigenvalue weighted by Crippen LogP contribution is 2.19. The van der Waals surface area contributed by atoms with Gasteiger partial charge in [-0.3, -0.25) is 4.79 Å². The molecular formula is C16H34N2O. The molecule has 1 unspecified atom stereocenters. The summed E-state index contributed by atoms with van der Waals surface area (Å²) in [5, 5.41) is 3.02. The molecule has 0 aliphatic rings. The topological polar surface area (TPSA) is 55.1 Å². The van der Waals surface area contributed by atoms with Crippen LogP contribution in [-0.4, -0.2) is 19.0 Å². The lowest BCUT2D eigenvalue weighted by molar-refractivity contribution is -0.129. The Bertz CT molecular complexity index is 225. The Kier molecular flexibility index (Phi) is 10.9. The molecule has 0 saturated heterocycles. The molecule has 0 saturated carbocycles. The van der Waals surface area contributed by atoms with Crippen LogP contribution in [0.4, 0.5) is 0 Å². The van der Waals surface area contributed by atoms with Gasteiger partial charge in [0.05, 0.1) is 5.41 Å². The van der Waals surface area contributed by atoms with E-state index in [4.69, 9.17) is 5.73 Å². The molecule has 3 nitrogen and oxygen atoms in total. The van der Waals surface area contributed by atoms with Crippen LogP contribution in [0.25, 0.3) is 0 Å². The van der Waals surface area contributed by atoms with Crippen molar-refractivity contribution in [3.05, 3.63) is 0 Å². The number of rotatable bonds is 12. The molecule has 0 heterocycles. The third kappa shape index (κ3) is 8.25. The second-order valence-corrected chi connectivity index (χ2v) is 5.85. The van der Waals surface area contributed by atoms with Gasteiger partial charge in [0, 0.05) is 13.1 Å². The fourth-order valence-electron chi connectivity index (χ4n) is 2.07. The lowest BCUT2D eigenvalue weighted by Gasteiger charge is -2.24. The molecule has 0 aromatic rings. The number of nitrogens with two attached hydrogens (primary N) is 1. The summed E-state index contributed by atoms with van der Waals surface area (Å²) in [6, 6.07) is 0. The summed E-state index contributed by atoms with van der Waals surface area (Å²) >= 11 is 0. The van der Waals surface area contributed by atoms with Crippen LogP contribution in [0, 0.1) is 5.41 Å². The van der Waals surface area contributed by atoms with Crippen LogP contribution in [0.3, 0.4) is 0 Å². The normalized spacial score (nSPS) is 14.1. The number of nitrogens with one attached hydrogen (secondary N) is 1. The molecule has 0 aromatic heterocycles. The molecule has 0 rings (SSSR count).